The SMILES string of the molecule is C/N=c1\ccccn1C(=O)O. The third kappa shape index (κ3) is 1.46. The molecule has 11 heavy (non-hydrogen) atoms. The summed E-state index contributed by atoms with van der Waals surface area (Å²) in [5, 5.41) is 8.60. The Morgan fingerprint density at radius 1 is 1.64 bits per heavy atom. The van der Waals surface area contributed by atoms with Gasteiger partial charge in [0.2, 0.25) is 0 Å². The maximum atomic E-state index is 10.5. The van der Waals surface area contributed by atoms with Crippen LogP contribution >= 0.6 is 0 Å². The van der Waals surface area contributed by atoms with Crippen molar-refractivity contribution in [3.63, 3.8) is 0 Å². The highest BCUT2D eigenvalue weighted by Gasteiger charge is 1.97. The number of pyridine rings is 1. The summed E-state index contributed by atoms with van der Waals surface area (Å²) in [6.45, 7) is 0. The van der Waals surface area contributed by atoms with E-state index in [4.69, 9.17) is 5.11 Å². The zero-order valence-corrected chi connectivity index (χ0v) is 6.06. The predicted molar refractivity (Wildman–Crippen MR) is 39.3 cm³/mol. The van der Waals surface area contributed by atoms with Crippen molar-refractivity contribution in [2.45, 2.75) is 0 Å². The van der Waals surface area contributed by atoms with Gasteiger partial charge in [-0.2, -0.15) is 0 Å². The Hall–Kier alpha value is -1.58. The van der Waals surface area contributed by atoms with Crippen LogP contribution in [0.4, 0.5) is 4.79 Å². The summed E-state index contributed by atoms with van der Waals surface area (Å²) >= 11 is 0. The number of nitrogens with zero attached hydrogens (tertiary/aromatic N) is 2. The van der Waals surface area contributed by atoms with Crippen LogP contribution in [0.25, 0.3) is 0 Å². The molecule has 0 bridgehead atoms. The second kappa shape index (κ2) is 3.01. The fourth-order valence-corrected chi connectivity index (χ4v) is 0.778. The maximum absolute atomic E-state index is 10.5. The molecule has 4 heteroatoms. The van der Waals surface area contributed by atoms with Gasteiger partial charge in [0.15, 0.2) is 0 Å². The summed E-state index contributed by atoms with van der Waals surface area (Å²) < 4.78 is 1.06. The Bertz CT molecular complexity index is 327. The smallest absolute Gasteiger partial charge is 0.417 e. The van der Waals surface area contributed by atoms with Gasteiger partial charge in [-0.15, -0.1) is 0 Å². The van der Waals surface area contributed by atoms with Crippen LogP contribution in [-0.4, -0.2) is 22.8 Å². The molecular formula is C7H8N2O2. The highest BCUT2D eigenvalue weighted by molar-refractivity contribution is 5.67. The van der Waals surface area contributed by atoms with Gasteiger partial charge in [-0.25, -0.2) is 9.36 Å². The summed E-state index contributed by atoms with van der Waals surface area (Å²) in [7, 11) is 1.55. The summed E-state index contributed by atoms with van der Waals surface area (Å²) in [4.78, 5) is 14.3. The van der Waals surface area contributed by atoms with Gasteiger partial charge >= 0.3 is 6.09 Å². The molecule has 0 aliphatic rings. The molecule has 1 rings (SSSR count). The molecule has 0 amide bonds. The average molecular weight is 152 g/mol. The van der Waals surface area contributed by atoms with E-state index in [-0.39, 0.29) is 0 Å². The second-order valence-corrected chi connectivity index (χ2v) is 1.94. The van der Waals surface area contributed by atoms with Crippen LogP contribution in [0.15, 0.2) is 29.4 Å². The lowest BCUT2D eigenvalue weighted by Gasteiger charge is -1.97. The molecule has 1 N–H and O–H groups in total. The number of hydrogen-bond acceptors (Lipinski definition) is 2. The lowest BCUT2D eigenvalue weighted by Crippen LogP contribution is -2.24. The summed E-state index contributed by atoms with van der Waals surface area (Å²) in [6.07, 6.45) is 0.427. The minimum atomic E-state index is -1.02. The third-order valence-electron chi connectivity index (χ3n) is 1.27. The quantitative estimate of drug-likeness (QED) is 0.590. The number of rotatable bonds is 0. The van der Waals surface area contributed by atoms with Crippen LogP contribution in [0, 0.1) is 0 Å². The zero-order valence-electron chi connectivity index (χ0n) is 6.06. The van der Waals surface area contributed by atoms with Crippen LogP contribution < -0.4 is 5.49 Å². The van der Waals surface area contributed by atoms with Crippen molar-refractivity contribution >= 4 is 6.09 Å². The fourth-order valence-electron chi connectivity index (χ4n) is 0.778. The van der Waals surface area contributed by atoms with Crippen LogP contribution in [0.1, 0.15) is 0 Å². The van der Waals surface area contributed by atoms with Gasteiger partial charge in [0, 0.05) is 13.2 Å². The second-order valence-electron chi connectivity index (χ2n) is 1.94. The molecule has 0 aliphatic heterocycles. The highest BCUT2D eigenvalue weighted by Crippen LogP contribution is 1.80. The first kappa shape index (κ1) is 7.53. The van der Waals surface area contributed by atoms with Crippen molar-refractivity contribution in [2.24, 2.45) is 4.99 Å². The molecule has 0 fully saturated rings. The molecule has 4 nitrogen and oxygen atoms in total. The predicted octanol–water partition coefficient (Wildman–Crippen LogP) is 0.545. The summed E-state index contributed by atoms with van der Waals surface area (Å²) in [5.74, 6) is 0. The minimum Gasteiger partial charge on any atom is -0.464 e. The van der Waals surface area contributed by atoms with E-state index in [9.17, 15) is 4.79 Å². The number of aromatic nitrogens is 1. The largest absolute Gasteiger partial charge is 0.464 e. The molecule has 1 aromatic heterocycles. The van der Waals surface area contributed by atoms with Gasteiger partial charge in [0.1, 0.15) is 5.49 Å². The Labute approximate surface area is 63.4 Å². The van der Waals surface area contributed by atoms with Crippen molar-refractivity contribution in [3.05, 3.63) is 29.9 Å². The number of hydrogen-bond donors (Lipinski definition) is 1. The van der Waals surface area contributed by atoms with E-state index in [1.54, 1.807) is 25.2 Å². The van der Waals surface area contributed by atoms with E-state index in [1.165, 1.54) is 6.20 Å². The maximum Gasteiger partial charge on any atom is 0.417 e. The number of carbonyl (C=O) groups is 1. The van der Waals surface area contributed by atoms with E-state index < -0.39 is 6.09 Å². The van der Waals surface area contributed by atoms with Crippen LogP contribution in [0.5, 0.6) is 0 Å². The average Bonchev–Trinajstić information content (AvgIpc) is 2.04. The first-order valence-corrected chi connectivity index (χ1v) is 3.09. The zero-order chi connectivity index (χ0) is 8.27. The van der Waals surface area contributed by atoms with Crippen molar-refractivity contribution in [1.29, 1.82) is 0 Å². The Morgan fingerprint density at radius 3 is 2.82 bits per heavy atom. The van der Waals surface area contributed by atoms with E-state index in [1.807, 2.05) is 0 Å². The van der Waals surface area contributed by atoms with Crippen molar-refractivity contribution in [3.8, 4) is 0 Å². The van der Waals surface area contributed by atoms with Gasteiger partial charge in [0.25, 0.3) is 0 Å². The third-order valence-corrected chi connectivity index (χ3v) is 1.27. The van der Waals surface area contributed by atoms with Crippen molar-refractivity contribution in [1.82, 2.24) is 4.57 Å². The molecule has 0 saturated carbocycles. The highest BCUT2D eigenvalue weighted by atomic mass is 16.4. The van der Waals surface area contributed by atoms with E-state index in [2.05, 4.69) is 4.99 Å². The van der Waals surface area contributed by atoms with Crippen molar-refractivity contribution < 1.29 is 9.90 Å². The van der Waals surface area contributed by atoms with Gasteiger partial charge in [-0.3, -0.25) is 4.99 Å². The first-order valence-electron chi connectivity index (χ1n) is 3.09. The molecule has 58 valence electrons. The standard InChI is InChI=1S/C7H8N2O2/c1-8-6-4-2-3-5-9(6)7(10)11/h2-5H,1H3,(H,10,11)/b8-6+. The summed E-state index contributed by atoms with van der Waals surface area (Å²) in [6, 6.07) is 5.01. The molecule has 0 atom stereocenters. The molecule has 0 spiro atoms. The van der Waals surface area contributed by atoms with Crippen molar-refractivity contribution in [2.75, 3.05) is 7.05 Å². The van der Waals surface area contributed by atoms with Crippen LogP contribution in [0.2, 0.25) is 0 Å². The van der Waals surface area contributed by atoms with E-state index in [0.29, 0.717) is 5.49 Å². The lowest BCUT2D eigenvalue weighted by atomic mass is 10.5. The molecular weight excluding hydrogens is 144 g/mol. The normalized spacial score (nSPS) is 11.5. The Morgan fingerprint density at radius 2 is 2.36 bits per heavy atom. The van der Waals surface area contributed by atoms with E-state index >= 15 is 0 Å². The monoisotopic (exact) mass is 152 g/mol. The summed E-state index contributed by atoms with van der Waals surface area (Å²) in [5.41, 5.74) is 0.431. The Balaban J connectivity index is 3.36. The topological polar surface area (TPSA) is 54.6 Å². The van der Waals surface area contributed by atoms with Gasteiger partial charge < -0.3 is 5.11 Å². The van der Waals surface area contributed by atoms with E-state index in [0.717, 1.165) is 4.57 Å². The number of carboxylic acid groups (broad SMARTS) is 1. The molecule has 1 heterocycles. The fraction of sp³-hybridized carbons (Fsp3) is 0.143. The van der Waals surface area contributed by atoms with Crippen LogP contribution in [0.3, 0.4) is 0 Å². The van der Waals surface area contributed by atoms with Crippen LogP contribution in [-0.2, 0) is 0 Å². The molecule has 1 aromatic rings. The van der Waals surface area contributed by atoms with Gasteiger partial charge in [-0.1, -0.05) is 6.07 Å². The lowest BCUT2D eigenvalue weighted by molar-refractivity contribution is 0.195. The minimum absolute atomic E-state index is 0.431. The first-order chi connectivity index (χ1) is 5.25. The molecule has 0 saturated heterocycles. The molecule has 0 aromatic carbocycles. The van der Waals surface area contributed by atoms with Gasteiger partial charge in [-0.05, 0) is 12.1 Å². The molecule has 0 aliphatic carbocycles. The van der Waals surface area contributed by atoms with Gasteiger partial charge in [0.05, 0.1) is 0 Å². The Kier molecular flexibility index (Phi) is 2.06. The molecule has 0 unspecified atom stereocenters. The molecule has 0 radical (unpaired) electrons.